The van der Waals surface area contributed by atoms with E-state index in [1.807, 2.05) is 7.11 Å². The predicted molar refractivity (Wildman–Crippen MR) is 70.9 cm³/mol. The van der Waals surface area contributed by atoms with Crippen LogP contribution in [0, 0.1) is 11.8 Å². The van der Waals surface area contributed by atoms with Crippen molar-refractivity contribution in [2.45, 2.75) is 52.1 Å². The molecule has 1 aliphatic heterocycles. The molecule has 0 aromatic heterocycles. The van der Waals surface area contributed by atoms with Gasteiger partial charge < -0.3 is 4.74 Å². The van der Waals surface area contributed by atoms with Gasteiger partial charge in [0.15, 0.2) is 0 Å². The van der Waals surface area contributed by atoms with Crippen LogP contribution >= 0.6 is 0 Å². The number of allylic oxidation sites excluding steroid dienone is 1. The first-order chi connectivity index (χ1) is 8.22. The summed E-state index contributed by atoms with van der Waals surface area (Å²) in [5.41, 5.74) is 5.93. The van der Waals surface area contributed by atoms with Gasteiger partial charge in [0.25, 0.3) is 0 Å². The van der Waals surface area contributed by atoms with E-state index in [1.54, 1.807) is 0 Å². The van der Waals surface area contributed by atoms with Gasteiger partial charge in [0, 0.05) is 24.9 Å². The summed E-state index contributed by atoms with van der Waals surface area (Å²) in [6.45, 7) is 4.47. The maximum Gasteiger partial charge on any atom is 0.0574 e. The van der Waals surface area contributed by atoms with Crippen LogP contribution in [0.3, 0.4) is 0 Å². The maximum absolute atomic E-state index is 5.50. The highest BCUT2D eigenvalue weighted by Gasteiger charge is 2.27. The molecule has 0 radical (unpaired) electrons. The van der Waals surface area contributed by atoms with E-state index in [4.69, 9.17) is 4.74 Å². The van der Waals surface area contributed by atoms with Gasteiger partial charge in [-0.25, -0.2) is 0 Å². The molecule has 0 amide bonds. The first-order valence-corrected chi connectivity index (χ1v) is 6.77. The zero-order valence-corrected chi connectivity index (χ0v) is 11.2. The molecule has 3 heteroatoms. The van der Waals surface area contributed by atoms with Crippen LogP contribution in [-0.4, -0.2) is 18.9 Å². The minimum absolute atomic E-state index is 0.443. The van der Waals surface area contributed by atoms with E-state index in [0.717, 1.165) is 12.8 Å². The topological polar surface area (TPSA) is 33.6 Å². The fourth-order valence-electron chi connectivity index (χ4n) is 2.93. The zero-order chi connectivity index (χ0) is 12.3. The van der Waals surface area contributed by atoms with Crippen LogP contribution in [0.25, 0.3) is 0 Å². The number of ether oxygens (including phenoxy) is 1. The number of rotatable bonds is 2. The number of hydrogen-bond acceptors (Lipinski definition) is 3. The molecule has 0 spiro atoms. The second-order valence-corrected chi connectivity index (χ2v) is 5.42. The fourth-order valence-corrected chi connectivity index (χ4v) is 2.93. The number of hydrogen-bond donors (Lipinski definition) is 1. The zero-order valence-electron chi connectivity index (χ0n) is 11.2. The quantitative estimate of drug-likeness (QED) is 0.799. The Bertz CT molecular complexity index is 320. The lowest BCUT2D eigenvalue weighted by Crippen LogP contribution is -2.30. The highest BCUT2D eigenvalue weighted by atomic mass is 16.5. The van der Waals surface area contributed by atoms with Crippen molar-refractivity contribution in [3.63, 3.8) is 0 Å². The van der Waals surface area contributed by atoms with Gasteiger partial charge in [0.05, 0.1) is 6.10 Å². The number of nitrogens with zero attached hydrogens (tertiary/aromatic N) is 1. The monoisotopic (exact) mass is 236 g/mol. The van der Waals surface area contributed by atoms with E-state index in [0.29, 0.717) is 17.9 Å². The Kier molecular flexibility index (Phi) is 4.21. The van der Waals surface area contributed by atoms with Crippen LogP contribution in [0.5, 0.6) is 0 Å². The van der Waals surface area contributed by atoms with Crippen LogP contribution < -0.4 is 5.43 Å². The van der Waals surface area contributed by atoms with E-state index < -0.39 is 0 Å². The SMILES string of the molecule is COC1CCCC2C(=CNN=C2C(C)C)CC1. The molecule has 1 aliphatic carbocycles. The first-order valence-electron chi connectivity index (χ1n) is 6.77. The largest absolute Gasteiger partial charge is 0.381 e. The number of hydrazone groups is 1. The van der Waals surface area contributed by atoms with Gasteiger partial charge in [-0.15, -0.1) is 0 Å². The smallest absolute Gasteiger partial charge is 0.0574 e. The Morgan fingerprint density at radius 3 is 2.88 bits per heavy atom. The third-order valence-electron chi connectivity index (χ3n) is 3.95. The van der Waals surface area contributed by atoms with Gasteiger partial charge >= 0.3 is 0 Å². The van der Waals surface area contributed by atoms with E-state index in [9.17, 15) is 0 Å². The summed E-state index contributed by atoms with van der Waals surface area (Å²) < 4.78 is 5.50. The molecule has 3 nitrogen and oxygen atoms in total. The third kappa shape index (κ3) is 2.89. The lowest BCUT2D eigenvalue weighted by Gasteiger charge is -2.31. The van der Waals surface area contributed by atoms with Crippen molar-refractivity contribution in [2.75, 3.05) is 7.11 Å². The molecule has 1 fully saturated rings. The molecule has 0 bridgehead atoms. The number of nitrogens with one attached hydrogen (secondary N) is 1. The standard InChI is InChI=1S/C14H24N2O/c1-10(2)14-13-6-4-5-12(17-3)8-7-11(13)9-15-16-14/h9-10,12-13,15H,4-8H2,1-3H3. The molecule has 1 N–H and O–H groups in total. The van der Waals surface area contributed by atoms with Crippen molar-refractivity contribution in [1.29, 1.82) is 0 Å². The second kappa shape index (κ2) is 5.67. The lowest BCUT2D eigenvalue weighted by atomic mass is 9.79. The van der Waals surface area contributed by atoms with Crippen molar-refractivity contribution < 1.29 is 4.74 Å². The number of fused-ring (bicyclic) bond motifs is 1. The number of methoxy groups -OCH3 is 1. The summed E-state index contributed by atoms with van der Waals surface area (Å²) in [5, 5.41) is 4.48. The molecule has 2 unspecified atom stereocenters. The predicted octanol–water partition coefficient (Wildman–Crippen LogP) is 3.08. The van der Waals surface area contributed by atoms with Gasteiger partial charge in [-0.3, -0.25) is 5.43 Å². The highest BCUT2D eigenvalue weighted by Crippen LogP contribution is 2.32. The maximum atomic E-state index is 5.50. The van der Waals surface area contributed by atoms with Crippen LogP contribution in [0.2, 0.25) is 0 Å². The van der Waals surface area contributed by atoms with Crippen molar-refractivity contribution in [3.8, 4) is 0 Å². The summed E-state index contributed by atoms with van der Waals surface area (Å²) in [5.74, 6) is 1.11. The van der Waals surface area contributed by atoms with E-state index in [-0.39, 0.29) is 0 Å². The summed E-state index contributed by atoms with van der Waals surface area (Å²) in [6, 6.07) is 0. The molecule has 1 saturated carbocycles. The molecule has 0 saturated heterocycles. The van der Waals surface area contributed by atoms with Crippen molar-refractivity contribution >= 4 is 5.71 Å². The normalized spacial score (nSPS) is 29.6. The van der Waals surface area contributed by atoms with Crippen LogP contribution in [0.4, 0.5) is 0 Å². The Balaban J connectivity index is 2.08. The van der Waals surface area contributed by atoms with Gasteiger partial charge in [-0.2, -0.15) is 5.10 Å². The van der Waals surface area contributed by atoms with Crippen molar-refractivity contribution in [2.24, 2.45) is 16.9 Å². The molecular weight excluding hydrogens is 212 g/mol. The van der Waals surface area contributed by atoms with Crippen LogP contribution in [0.15, 0.2) is 16.9 Å². The van der Waals surface area contributed by atoms with Crippen molar-refractivity contribution in [1.82, 2.24) is 5.43 Å². The minimum Gasteiger partial charge on any atom is -0.381 e. The Hall–Kier alpha value is -0.830. The molecule has 2 aliphatic rings. The molecule has 0 aromatic rings. The fraction of sp³-hybridized carbons (Fsp3) is 0.786. The van der Waals surface area contributed by atoms with Crippen molar-refractivity contribution in [3.05, 3.63) is 11.8 Å². The lowest BCUT2D eigenvalue weighted by molar-refractivity contribution is 0.0822. The van der Waals surface area contributed by atoms with Gasteiger partial charge in [-0.05, 0) is 43.6 Å². The average molecular weight is 236 g/mol. The second-order valence-electron chi connectivity index (χ2n) is 5.42. The molecule has 17 heavy (non-hydrogen) atoms. The van der Waals surface area contributed by atoms with E-state index in [1.165, 1.54) is 30.5 Å². The Morgan fingerprint density at radius 1 is 1.35 bits per heavy atom. The summed E-state index contributed by atoms with van der Waals surface area (Å²) >= 11 is 0. The summed E-state index contributed by atoms with van der Waals surface area (Å²) in [4.78, 5) is 0. The first kappa shape index (κ1) is 12.6. The molecule has 2 atom stereocenters. The minimum atomic E-state index is 0.443. The van der Waals surface area contributed by atoms with Crippen LogP contribution in [-0.2, 0) is 4.74 Å². The summed E-state index contributed by atoms with van der Waals surface area (Å²) in [6.07, 6.45) is 8.50. The molecular formula is C14H24N2O. The Morgan fingerprint density at radius 2 is 2.18 bits per heavy atom. The van der Waals surface area contributed by atoms with E-state index in [2.05, 4.69) is 30.6 Å². The molecule has 2 rings (SSSR count). The molecule has 1 heterocycles. The van der Waals surface area contributed by atoms with Gasteiger partial charge in [0.2, 0.25) is 0 Å². The van der Waals surface area contributed by atoms with Gasteiger partial charge in [-0.1, -0.05) is 13.8 Å². The molecule has 96 valence electrons. The highest BCUT2D eigenvalue weighted by molar-refractivity contribution is 5.91. The van der Waals surface area contributed by atoms with Gasteiger partial charge in [0.1, 0.15) is 0 Å². The average Bonchev–Trinajstić information content (AvgIpc) is 2.29. The summed E-state index contributed by atoms with van der Waals surface area (Å²) in [7, 11) is 1.83. The molecule has 0 aromatic carbocycles. The van der Waals surface area contributed by atoms with Crippen LogP contribution in [0.1, 0.15) is 46.0 Å². The van der Waals surface area contributed by atoms with E-state index >= 15 is 0 Å². The Labute approximate surface area is 104 Å². The third-order valence-corrected chi connectivity index (χ3v) is 3.95.